The zero-order chi connectivity index (χ0) is 22.1. The van der Waals surface area contributed by atoms with E-state index in [2.05, 4.69) is 70.8 Å². The van der Waals surface area contributed by atoms with Gasteiger partial charge in [-0.15, -0.1) is 0 Å². The van der Waals surface area contributed by atoms with Gasteiger partial charge in [0.15, 0.2) is 5.11 Å². The molecule has 1 aromatic carbocycles. The highest BCUT2D eigenvalue weighted by molar-refractivity contribution is 7.80. The van der Waals surface area contributed by atoms with Crippen molar-refractivity contribution in [2.24, 2.45) is 0 Å². The summed E-state index contributed by atoms with van der Waals surface area (Å²) >= 11 is 12.1. The van der Waals surface area contributed by atoms with Crippen molar-refractivity contribution in [2.75, 3.05) is 27.2 Å². The first-order valence-corrected chi connectivity index (χ1v) is 11.2. The van der Waals surface area contributed by atoms with Gasteiger partial charge in [0.05, 0.1) is 17.8 Å². The summed E-state index contributed by atoms with van der Waals surface area (Å²) in [7, 11) is 4.17. The Morgan fingerprint density at radius 3 is 2.61 bits per heavy atom. The Hall–Kier alpha value is -2.41. The van der Waals surface area contributed by atoms with Crippen molar-refractivity contribution in [2.45, 2.75) is 25.9 Å². The van der Waals surface area contributed by atoms with Crippen molar-refractivity contribution in [1.29, 1.82) is 0 Å². The SMILES string of the molecule is Cc1cc([C@@H]2[C@@H](c3ccccn3)NC(=S)N2CCN(C)C)c(C)n1-c1cccc(Cl)c1. The maximum atomic E-state index is 6.29. The molecule has 4 rings (SSSR count). The number of nitrogens with one attached hydrogen (secondary N) is 1. The molecule has 7 heteroatoms. The smallest absolute Gasteiger partial charge is 0.170 e. The zero-order valence-electron chi connectivity index (χ0n) is 18.3. The Labute approximate surface area is 194 Å². The van der Waals surface area contributed by atoms with Gasteiger partial charge in [0.1, 0.15) is 0 Å². The van der Waals surface area contributed by atoms with Crippen LogP contribution in [0.5, 0.6) is 0 Å². The summed E-state index contributed by atoms with van der Waals surface area (Å²) < 4.78 is 2.27. The highest BCUT2D eigenvalue weighted by Crippen LogP contribution is 2.41. The fourth-order valence-electron chi connectivity index (χ4n) is 4.39. The molecule has 2 aromatic heterocycles. The molecule has 0 saturated carbocycles. The summed E-state index contributed by atoms with van der Waals surface area (Å²) in [5.41, 5.74) is 5.66. The molecule has 1 fully saturated rings. The quantitative estimate of drug-likeness (QED) is 0.548. The molecule has 3 aromatic rings. The van der Waals surface area contributed by atoms with Crippen molar-refractivity contribution in [3.63, 3.8) is 0 Å². The molecule has 0 spiro atoms. The number of pyridine rings is 1. The normalized spacial score (nSPS) is 18.6. The van der Waals surface area contributed by atoms with Gasteiger partial charge in [-0.2, -0.15) is 0 Å². The number of hydrogen-bond donors (Lipinski definition) is 1. The van der Waals surface area contributed by atoms with Gasteiger partial charge in [-0.1, -0.05) is 23.7 Å². The van der Waals surface area contributed by atoms with E-state index in [-0.39, 0.29) is 12.1 Å². The predicted molar refractivity (Wildman–Crippen MR) is 131 cm³/mol. The Kier molecular flexibility index (Phi) is 6.32. The van der Waals surface area contributed by atoms with E-state index in [1.54, 1.807) is 0 Å². The summed E-state index contributed by atoms with van der Waals surface area (Å²) in [6.07, 6.45) is 1.84. The topological polar surface area (TPSA) is 36.3 Å². The number of aromatic nitrogens is 2. The number of nitrogens with zero attached hydrogens (tertiary/aromatic N) is 4. The summed E-state index contributed by atoms with van der Waals surface area (Å²) in [6, 6.07) is 16.3. The van der Waals surface area contributed by atoms with Crippen molar-refractivity contribution < 1.29 is 0 Å². The number of hydrogen-bond acceptors (Lipinski definition) is 3. The van der Waals surface area contributed by atoms with E-state index in [1.807, 2.05) is 36.5 Å². The number of aryl methyl sites for hydroxylation is 1. The predicted octanol–water partition coefficient (Wildman–Crippen LogP) is 4.68. The fraction of sp³-hybridized carbons (Fsp3) is 0.333. The maximum absolute atomic E-state index is 6.29. The van der Waals surface area contributed by atoms with Crippen LogP contribution < -0.4 is 5.32 Å². The van der Waals surface area contributed by atoms with Crippen molar-refractivity contribution in [3.8, 4) is 5.69 Å². The molecule has 0 amide bonds. The number of benzene rings is 1. The molecule has 0 bridgehead atoms. The minimum Gasteiger partial charge on any atom is -0.352 e. The first-order chi connectivity index (χ1) is 14.9. The standard InChI is InChI=1S/C24H28ClN5S/c1-16-14-20(17(2)30(16)19-9-7-8-18(25)15-19)23-22(21-10-5-6-11-26-21)27-24(31)29(23)13-12-28(3)4/h5-11,14-15,22-23H,12-13H2,1-4H3,(H,27,31)/t22-,23-/m1/s1. The van der Waals surface area contributed by atoms with Crippen molar-refractivity contribution in [1.82, 2.24) is 24.7 Å². The minimum absolute atomic E-state index is 0.0100. The number of likely N-dealkylation sites (N-methyl/N-ethyl adjacent to an activating group) is 1. The molecule has 1 N–H and O–H groups in total. The third-order valence-corrected chi connectivity index (χ3v) is 6.43. The van der Waals surface area contributed by atoms with Gasteiger partial charge in [0.2, 0.25) is 0 Å². The number of rotatable bonds is 6. The van der Waals surface area contributed by atoms with E-state index in [1.165, 1.54) is 17.0 Å². The molecule has 0 radical (unpaired) electrons. The minimum atomic E-state index is -0.0100. The lowest BCUT2D eigenvalue weighted by molar-refractivity contribution is 0.277. The van der Waals surface area contributed by atoms with E-state index in [0.717, 1.165) is 34.6 Å². The first kappa shape index (κ1) is 21.8. The number of halogens is 1. The van der Waals surface area contributed by atoms with Gasteiger partial charge in [-0.25, -0.2) is 0 Å². The fourth-order valence-corrected chi connectivity index (χ4v) is 4.91. The van der Waals surface area contributed by atoms with Crippen LogP contribution in [0.3, 0.4) is 0 Å². The summed E-state index contributed by atoms with van der Waals surface area (Å²) in [5.74, 6) is 0. The Bertz CT molecular complexity index is 1080. The first-order valence-electron chi connectivity index (χ1n) is 10.4. The largest absolute Gasteiger partial charge is 0.352 e. The van der Waals surface area contributed by atoms with Gasteiger partial charge in [-0.05, 0) is 82.1 Å². The van der Waals surface area contributed by atoms with Crippen LogP contribution in [0.1, 0.15) is 34.7 Å². The molecule has 1 saturated heterocycles. The lowest BCUT2D eigenvalue weighted by Gasteiger charge is -2.29. The summed E-state index contributed by atoms with van der Waals surface area (Å²) in [5, 5.41) is 5.05. The average molecular weight is 454 g/mol. The molecule has 1 aliphatic rings. The van der Waals surface area contributed by atoms with Gasteiger partial charge in [0, 0.05) is 41.4 Å². The van der Waals surface area contributed by atoms with E-state index in [4.69, 9.17) is 23.8 Å². The van der Waals surface area contributed by atoms with E-state index in [9.17, 15) is 0 Å². The third-order valence-electron chi connectivity index (χ3n) is 5.84. The van der Waals surface area contributed by atoms with E-state index < -0.39 is 0 Å². The van der Waals surface area contributed by atoms with Gasteiger partial charge in [-0.3, -0.25) is 4.98 Å². The molecule has 31 heavy (non-hydrogen) atoms. The van der Waals surface area contributed by atoms with Crippen molar-refractivity contribution in [3.05, 3.63) is 82.4 Å². The van der Waals surface area contributed by atoms with Crippen molar-refractivity contribution >= 4 is 28.9 Å². The number of thiocarbonyl (C=S) groups is 1. The molecular formula is C24H28ClN5S. The lowest BCUT2D eigenvalue weighted by Crippen LogP contribution is -2.35. The van der Waals surface area contributed by atoms with E-state index in [0.29, 0.717) is 0 Å². The monoisotopic (exact) mass is 453 g/mol. The maximum Gasteiger partial charge on any atom is 0.170 e. The Balaban J connectivity index is 1.81. The molecule has 1 aliphatic heterocycles. The zero-order valence-corrected chi connectivity index (χ0v) is 19.9. The van der Waals surface area contributed by atoms with Crippen LogP contribution in [-0.4, -0.2) is 51.6 Å². The third kappa shape index (κ3) is 4.33. The Morgan fingerprint density at radius 2 is 1.94 bits per heavy atom. The molecule has 0 aliphatic carbocycles. The van der Waals surface area contributed by atoms with Gasteiger partial charge >= 0.3 is 0 Å². The Morgan fingerprint density at radius 1 is 1.13 bits per heavy atom. The van der Waals surface area contributed by atoms with Crippen LogP contribution in [0.15, 0.2) is 54.7 Å². The molecule has 3 heterocycles. The van der Waals surface area contributed by atoms with Crippen LogP contribution in [0, 0.1) is 13.8 Å². The lowest BCUT2D eigenvalue weighted by atomic mass is 9.97. The summed E-state index contributed by atoms with van der Waals surface area (Å²) in [4.78, 5) is 9.13. The molecular weight excluding hydrogens is 426 g/mol. The highest BCUT2D eigenvalue weighted by Gasteiger charge is 2.41. The molecule has 0 unspecified atom stereocenters. The van der Waals surface area contributed by atoms with E-state index >= 15 is 0 Å². The van der Waals surface area contributed by atoms with Gasteiger partial charge < -0.3 is 19.7 Å². The highest BCUT2D eigenvalue weighted by atomic mass is 35.5. The van der Waals surface area contributed by atoms with Crippen LogP contribution >= 0.6 is 23.8 Å². The summed E-state index contributed by atoms with van der Waals surface area (Å²) in [6.45, 7) is 6.07. The van der Waals surface area contributed by atoms with Gasteiger partial charge in [0.25, 0.3) is 0 Å². The van der Waals surface area contributed by atoms with Crippen LogP contribution in [0.2, 0.25) is 5.02 Å². The second kappa shape index (κ2) is 8.99. The van der Waals surface area contributed by atoms with Crippen LogP contribution in [0.4, 0.5) is 0 Å². The molecule has 2 atom stereocenters. The second-order valence-corrected chi connectivity index (χ2v) is 9.09. The second-order valence-electron chi connectivity index (χ2n) is 8.27. The average Bonchev–Trinajstić information content (AvgIpc) is 3.22. The molecule has 5 nitrogen and oxygen atoms in total. The van der Waals surface area contributed by atoms with Crippen LogP contribution in [-0.2, 0) is 0 Å². The van der Waals surface area contributed by atoms with Crippen LogP contribution in [0.25, 0.3) is 5.69 Å². The molecule has 162 valence electrons.